The van der Waals surface area contributed by atoms with Crippen LogP contribution >= 0.6 is 0 Å². The molecule has 1 aliphatic heterocycles. The number of aromatic amines is 1. The molecule has 0 radical (unpaired) electrons. The largest absolute Gasteiger partial charge is 0.392 e. The van der Waals surface area contributed by atoms with E-state index < -0.39 is 17.8 Å². The lowest BCUT2D eigenvalue weighted by Gasteiger charge is -2.36. The molecule has 3 aromatic rings. The van der Waals surface area contributed by atoms with Crippen LogP contribution in [0.1, 0.15) is 35.3 Å². The van der Waals surface area contributed by atoms with Gasteiger partial charge in [-0.3, -0.25) is 19.5 Å². The Balaban J connectivity index is 1.37. The Morgan fingerprint density at radius 2 is 2.00 bits per heavy atom. The molecule has 1 unspecified atom stereocenters. The Hall–Kier alpha value is -3.30. The van der Waals surface area contributed by atoms with Crippen molar-refractivity contribution >= 4 is 22.6 Å². The van der Waals surface area contributed by atoms with Gasteiger partial charge in [0.05, 0.1) is 22.8 Å². The number of benzene rings is 1. The van der Waals surface area contributed by atoms with Crippen molar-refractivity contribution in [3.05, 3.63) is 69.4 Å². The number of H-pyrrole nitrogens is 1. The van der Waals surface area contributed by atoms with Gasteiger partial charge < -0.3 is 20.3 Å². The fourth-order valence-electron chi connectivity index (χ4n) is 4.17. The summed E-state index contributed by atoms with van der Waals surface area (Å²) in [6, 6.07) is 8.29. The summed E-state index contributed by atoms with van der Waals surface area (Å²) in [6.07, 6.45) is 1.84. The smallest absolute Gasteiger partial charge is 0.251 e. The van der Waals surface area contributed by atoms with Gasteiger partial charge in [-0.05, 0) is 49.2 Å². The van der Waals surface area contributed by atoms with Gasteiger partial charge in [-0.1, -0.05) is 6.92 Å². The molecular weight excluding hydrogens is 437 g/mol. The topological polar surface area (TPSA) is 102 Å². The van der Waals surface area contributed by atoms with Crippen molar-refractivity contribution in [1.82, 2.24) is 20.2 Å². The molecule has 1 aromatic carbocycles. The Kier molecular flexibility index (Phi) is 7.23. The van der Waals surface area contributed by atoms with Crippen LogP contribution in [0.25, 0.3) is 11.0 Å². The number of anilines is 1. The van der Waals surface area contributed by atoms with Crippen LogP contribution in [0.3, 0.4) is 0 Å². The molecule has 1 aliphatic rings. The van der Waals surface area contributed by atoms with Crippen molar-refractivity contribution < 1.29 is 14.3 Å². The number of hydrogen-bond acceptors (Lipinski definition) is 6. The molecule has 4 rings (SSSR count). The summed E-state index contributed by atoms with van der Waals surface area (Å²) >= 11 is 0. The van der Waals surface area contributed by atoms with Crippen LogP contribution in [-0.2, 0) is 13.0 Å². The third kappa shape index (κ3) is 5.43. The van der Waals surface area contributed by atoms with E-state index in [-0.39, 0.29) is 17.7 Å². The number of pyridine rings is 2. The number of aryl methyl sites for hydroxylation is 1. The first-order chi connectivity index (χ1) is 16.3. The van der Waals surface area contributed by atoms with Crippen LogP contribution in [0.4, 0.5) is 10.1 Å². The third-order valence-electron chi connectivity index (χ3n) is 6.09. The molecule has 0 bridgehead atoms. The fourth-order valence-corrected chi connectivity index (χ4v) is 4.17. The predicted octanol–water partition coefficient (Wildman–Crippen LogP) is 2.06. The lowest BCUT2D eigenvalue weighted by Crippen LogP contribution is -2.46. The highest BCUT2D eigenvalue weighted by Crippen LogP contribution is 2.23. The first kappa shape index (κ1) is 23.8. The molecule has 1 fully saturated rings. The zero-order valence-corrected chi connectivity index (χ0v) is 19.5. The maximum Gasteiger partial charge on any atom is 0.251 e. The number of carbonyl (C=O) groups is 1. The minimum absolute atomic E-state index is 0.0731. The highest BCUT2D eigenvalue weighted by atomic mass is 19.1. The summed E-state index contributed by atoms with van der Waals surface area (Å²) in [6.45, 7) is 7.14. The number of aliphatic hydroxyl groups excluding tert-OH is 1. The molecule has 0 saturated carbocycles. The number of piperazine rings is 1. The number of nitrogens with one attached hydrogen (secondary N) is 2. The zero-order chi connectivity index (χ0) is 24.2. The van der Waals surface area contributed by atoms with Crippen LogP contribution in [0, 0.1) is 5.82 Å². The van der Waals surface area contributed by atoms with Gasteiger partial charge in [-0.15, -0.1) is 0 Å². The molecule has 3 heterocycles. The van der Waals surface area contributed by atoms with Gasteiger partial charge in [0.1, 0.15) is 5.82 Å². The summed E-state index contributed by atoms with van der Waals surface area (Å²) in [4.78, 5) is 35.9. The van der Waals surface area contributed by atoms with Gasteiger partial charge >= 0.3 is 0 Å². The van der Waals surface area contributed by atoms with Crippen molar-refractivity contribution in [2.75, 3.05) is 37.6 Å². The molecule has 1 amide bonds. The van der Waals surface area contributed by atoms with E-state index in [4.69, 9.17) is 0 Å². The Labute approximate surface area is 197 Å². The van der Waals surface area contributed by atoms with Crippen molar-refractivity contribution in [1.29, 1.82) is 0 Å². The molecular formula is C25H30FN5O3. The second kappa shape index (κ2) is 10.3. The Bertz CT molecular complexity index is 1230. The normalized spacial score (nSPS) is 15.5. The van der Waals surface area contributed by atoms with E-state index in [9.17, 15) is 19.1 Å². The van der Waals surface area contributed by atoms with Crippen LogP contribution in [0.15, 0.2) is 41.3 Å². The summed E-state index contributed by atoms with van der Waals surface area (Å²) in [5.74, 6) is -0.847. The van der Waals surface area contributed by atoms with Crippen LogP contribution in [-0.4, -0.2) is 64.7 Å². The highest BCUT2D eigenvalue weighted by Gasteiger charge is 2.21. The lowest BCUT2D eigenvalue weighted by molar-refractivity contribution is 0.0923. The zero-order valence-electron chi connectivity index (χ0n) is 19.5. The SMILES string of the molecule is CCc1cc2ncc(CN3CCN(c4ccc(C(=O)NCC(C)O)cc4F)CC3)cc2[nH]c1=O. The predicted molar refractivity (Wildman–Crippen MR) is 130 cm³/mol. The number of nitrogens with zero attached hydrogens (tertiary/aromatic N) is 3. The molecule has 0 spiro atoms. The van der Waals surface area contributed by atoms with Crippen molar-refractivity contribution in [3.8, 4) is 0 Å². The maximum absolute atomic E-state index is 14.8. The van der Waals surface area contributed by atoms with Gasteiger partial charge in [0, 0.05) is 56.6 Å². The molecule has 0 aliphatic carbocycles. The van der Waals surface area contributed by atoms with E-state index in [1.807, 2.05) is 30.2 Å². The van der Waals surface area contributed by atoms with E-state index in [2.05, 4.69) is 20.2 Å². The van der Waals surface area contributed by atoms with Gasteiger partial charge in [0.15, 0.2) is 0 Å². The molecule has 1 saturated heterocycles. The first-order valence-corrected chi connectivity index (χ1v) is 11.6. The van der Waals surface area contributed by atoms with Crippen molar-refractivity contribution in [2.24, 2.45) is 0 Å². The maximum atomic E-state index is 14.8. The van der Waals surface area contributed by atoms with Crippen LogP contribution < -0.4 is 15.8 Å². The standard InChI is InChI=1S/C25H30FN5O3/c1-3-18-12-21-22(29-25(18)34)10-17(14-27-21)15-30-6-8-31(9-7-30)23-5-4-19(11-20(23)26)24(33)28-13-16(2)32/h4-5,10-12,14,16,32H,3,6-9,13,15H2,1-2H3,(H,28,33)(H,29,34). The molecule has 34 heavy (non-hydrogen) atoms. The minimum atomic E-state index is -0.661. The fraction of sp³-hybridized carbons (Fsp3) is 0.400. The van der Waals surface area contributed by atoms with E-state index >= 15 is 0 Å². The number of rotatable bonds is 7. The average molecular weight is 468 g/mol. The molecule has 180 valence electrons. The van der Waals surface area contributed by atoms with Gasteiger partial charge in [0.2, 0.25) is 0 Å². The quantitative estimate of drug-likeness (QED) is 0.492. The van der Waals surface area contributed by atoms with Crippen LogP contribution in [0.2, 0.25) is 0 Å². The van der Waals surface area contributed by atoms with Gasteiger partial charge in [0.25, 0.3) is 11.5 Å². The average Bonchev–Trinajstić information content (AvgIpc) is 2.82. The number of amides is 1. The number of aliphatic hydroxyl groups is 1. The number of carbonyl (C=O) groups excluding carboxylic acids is 1. The van der Waals surface area contributed by atoms with Crippen molar-refractivity contribution in [3.63, 3.8) is 0 Å². The summed E-state index contributed by atoms with van der Waals surface area (Å²) in [5, 5.41) is 11.9. The number of halogens is 1. The van der Waals surface area contributed by atoms with Crippen LogP contribution in [0.5, 0.6) is 0 Å². The number of aromatic nitrogens is 2. The summed E-state index contributed by atoms with van der Waals surface area (Å²) in [5.41, 5.74) is 3.89. The lowest BCUT2D eigenvalue weighted by atomic mass is 10.1. The van der Waals surface area contributed by atoms with E-state index in [1.54, 1.807) is 19.1 Å². The molecule has 3 N–H and O–H groups in total. The van der Waals surface area contributed by atoms with Gasteiger partial charge in [-0.2, -0.15) is 0 Å². The molecule has 8 nitrogen and oxygen atoms in total. The van der Waals surface area contributed by atoms with Gasteiger partial charge in [-0.25, -0.2) is 4.39 Å². The molecule has 1 atom stereocenters. The Morgan fingerprint density at radius 3 is 2.68 bits per heavy atom. The highest BCUT2D eigenvalue weighted by molar-refractivity contribution is 5.94. The molecule has 2 aromatic heterocycles. The second-order valence-corrected chi connectivity index (χ2v) is 8.74. The summed E-state index contributed by atoms with van der Waals surface area (Å²) in [7, 11) is 0. The van der Waals surface area contributed by atoms with E-state index in [1.165, 1.54) is 6.07 Å². The summed E-state index contributed by atoms with van der Waals surface area (Å²) < 4.78 is 14.8. The third-order valence-corrected chi connectivity index (χ3v) is 6.09. The molecule has 9 heteroatoms. The monoisotopic (exact) mass is 467 g/mol. The first-order valence-electron chi connectivity index (χ1n) is 11.6. The van der Waals surface area contributed by atoms with E-state index in [0.29, 0.717) is 31.7 Å². The van der Waals surface area contributed by atoms with Crippen molar-refractivity contribution in [2.45, 2.75) is 32.9 Å². The number of hydrogen-bond donors (Lipinski definition) is 3. The Morgan fingerprint density at radius 1 is 1.24 bits per heavy atom. The second-order valence-electron chi connectivity index (χ2n) is 8.74. The number of fused-ring (bicyclic) bond motifs is 1. The van der Waals surface area contributed by atoms with E-state index in [0.717, 1.165) is 35.2 Å². The minimum Gasteiger partial charge on any atom is -0.392 e.